The van der Waals surface area contributed by atoms with Crippen molar-refractivity contribution in [2.45, 2.75) is 19.4 Å². The minimum Gasteiger partial charge on any atom is -0.493 e. The maximum atomic E-state index is 12.8. The van der Waals surface area contributed by atoms with Crippen LogP contribution in [-0.4, -0.2) is 29.5 Å². The van der Waals surface area contributed by atoms with E-state index in [1.165, 1.54) is 25.3 Å². The number of hydrogen-bond donors (Lipinski definition) is 2. The number of non-ortho nitro benzene ring substituents is 1. The number of carbonyl (C=O) groups excluding carboxylic acids is 1. The number of hydrogen-bond acceptors (Lipinski definition) is 6. The minimum atomic E-state index is -0.468. The van der Waals surface area contributed by atoms with Gasteiger partial charge in [0.25, 0.3) is 11.6 Å². The molecule has 4 rings (SSSR count). The number of ether oxygens (including phenoxy) is 2. The maximum Gasteiger partial charge on any atom is 0.269 e. The number of para-hydroxylation sites is 1. The van der Waals surface area contributed by atoms with Crippen molar-refractivity contribution in [1.82, 2.24) is 10.3 Å². The molecule has 0 bridgehead atoms. The highest BCUT2D eigenvalue weighted by atomic mass is 16.6. The van der Waals surface area contributed by atoms with Crippen LogP contribution in [0.25, 0.3) is 17.0 Å². The Morgan fingerprint density at radius 3 is 2.65 bits per heavy atom. The van der Waals surface area contributed by atoms with Gasteiger partial charge in [-0.05, 0) is 65.9 Å². The monoisotopic (exact) mass is 536 g/mol. The zero-order chi connectivity index (χ0) is 28.5. The van der Waals surface area contributed by atoms with Crippen LogP contribution in [0, 0.1) is 21.4 Å². The van der Waals surface area contributed by atoms with Crippen LogP contribution in [0.3, 0.4) is 0 Å². The number of nitrogens with zero attached hydrogens (tertiary/aromatic N) is 2. The van der Waals surface area contributed by atoms with E-state index in [1.807, 2.05) is 42.6 Å². The summed E-state index contributed by atoms with van der Waals surface area (Å²) in [6.45, 7) is 4.35. The van der Waals surface area contributed by atoms with Crippen molar-refractivity contribution < 1.29 is 19.2 Å². The SMILES string of the molecule is C=CCc1cc(/C=C(/C#N)C(=O)NCCc2c[nH]c3ccccc23)cc(OC)c1OCc1ccc([N+](=O)[O-])cc1. The molecule has 0 saturated carbocycles. The molecule has 0 fully saturated rings. The summed E-state index contributed by atoms with van der Waals surface area (Å²) < 4.78 is 11.6. The van der Waals surface area contributed by atoms with Gasteiger partial charge >= 0.3 is 0 Å². The van der Waals surface area contributed by atoms with E-state index in [-0.39, 0.29) is 17.9 Å². The number of nitro benzene ring substituents is 1. The molecule has 0 radical (unpaired) electrons. The molecule has 1 heterocycles. The van der Waals surface area contributed by atoms with Gasteiger partial charge in [-0.3, -0.25) is 14.9 Å². The molecule has 1 amide bonds. The summed E-state index contributed by atoms with van der Waals surface area (Å²) in [5.74, 6) is 0.439. The second-order valence-electron chi connectivity index (χ2n) is 8.95. The topological polar surface area (TPSA) is 130 Å². The predicted octanol–water partition coefficient (Wildman–Crippen LogP) is 5.66. The van der Waals surface area contributed by atoms with Gasteiger partial charge in [0.15, 0.2) is 11.5 Å². The number of H-pyrrole nitrogens is 1. The van der Waals surface area contributed by atoms with Gasteiger partial charge in [-0.1, -0.05) is 24.3 Å². The molecule has 0 spiro atoms. The lowest BCUT2D eigenvalue weighted by atomic mass is 10.0. The molecule has 202 valence electrons. The third-order valence-electron chi connectivity index (χ3n) is 6.30. The van der Waals surface area contributed by atoms with Crippen LogP contribution in [-0.2, 0) is 24.2 Å². The van der Waals surface area contributed by atoms with E-state index >= 15 is 0 Å². The first-order valence-electron chi connectivity index (χ1n) is 12.6. The number of rotatable bonds is 12. The van der Waals surface area contributed by atoms with E-state index in [2.05, 4.69) is 16.9 Å². The number of amides is 1. The number of nitro groups is 1. The van der Waals surface area contributed by atoms with Crippen molar-refractivity contribution in [2.75, 3.05) is 13.7 Å². The van der Waals surface area contributed by atoms with Crippen molar-refractivity contribution in [2.24, 2.45) is 0 Å². The van der Waals surface area contributed by atoms with Crippen molar-refractivity contribution in [3.8, 4) is 17.6 Å². The summed E-state index contributed by atoms with van der Waals surface area (Å²) in [4.78, 5) is 26.5. The number of allylic oxidation sites excluding steroid dienone is 1. The van der Waals surface area contributed by atoms with Crippen LogP contribution in [0.5, 0.6) is 11.5 Å². The maximum absolute atomic E-state index is 12.8. The fourth-order valence-electron chi connectivity index (χ4n) is 4.32. The number of nitrogens with one attached hydrogen (secondary N) is 2. The number of fused-ring (bicyclic) bond motifs is 1. The lowest BCUT2D eigenvalue weighted by Gasteiger charge is -2.16. The molecule has 1 aromatic heterocycles. The van der Waals surface area contributed by atoms with Gasteiger partial charge in [0.05, 0.1) is 12.0 Å². The lowest BCUT2D eigenvalue weighted by Crippen LogP contribution is -2.26. The molecule has 0 unspecified atom stereocenters. The normalized spacial score (nSPS) is 11.1. The smallest absolute Gasteiger partial charge is 0.269 e. The van der Waals surface area contributed by atoms with Crippen LogP contribution < -0.4 is 14.8 Å². The highest BCUT2D eigenvalue weighted by molar-refractivity contribution is 6.01. The van der Waals surface area contributed by atoms with Crippen LogP contribution in [0.2, 0.25) is 0 Å². The van der Waals surface area contributed by atoms with Gasteiger partial charge in [-0.15, -0.1) is 6.58 Å². The van der Waals surface area contributed by atoms with Crippen LogP contribution >= 0.6 is 0 Å². The molecule has 0 aliphatic carbocycles. The van der Waals surface area contributed by atoms with Gasteiger partial charge in [0.2, 0.25) is 0 Å². The molecule has 3 aromatic carbocycles. The van der Waals surface area contributed by atoms with Crippen molar-refractivity contribution in [1.29, 1.82) is 5.26 Å². The summed E-state index contributed by atoms with van der Waals surface area (Å²) >= 11 is 0. The van der Waals surface area contributed by atoms with E-state index < -0.39 is 10.8 Å². The van der Waals surface area contributed by atoms with Crippen LogP contribution in [0.1, 0.15) is 22.3 Å². The molecule has 4 aromatic rings. The second kappa shape index (κ2) is 12.9. The predicted molar refractivity (Wildman–Crippen MR) is 153 cm³/mol. The molecule has 2 N–H and O–H groups in total. The number of methoxy groups -OCH3 is 1. The molecule has 0 aliphatic heterocycles. The summed E-state index contributed by atoms with van der Waals surface area (Å²) in [6, 6.07) is 19.5. The Morgan fingerprint density at radius 2 is 1.95 bits per heavy atom. The molecule has 0 saturated heterocycles. The fourth-order valence-corrected chi connectivity index (χ4v) is 4.32. The van der Waals surface area contributed by atoms with Crippen LogP contribution in [0.15, 0.2) is 85.1 Å². The van der Waals surface area contributed by atoms with E-state index in [9.17, 15) is 20.2 Å². The summed E-state index contributed by atoms with van der Waals surface area (Å²) in [5, 5.41) is 24.5. The average molecular weight is 537 g/mol. The summed E-state index contributed by atoms with van der Waals surface area (Å²) in [5.41, 5.74) is 4.18. The van der Waals surface area contributed by atoms with E-state index in [1.54, 1.807) is 24.3 Å². The molecule has 9 heteroatoms. The third kappa shape index (κ3) is 6.55. The zero-order valence-electron chi connectivity index (χ0n) is 22.0. The highest BCUT2D eigenvalue weighted by Gasteiger charge is 2.15. The summed E-state index contributed by atoms with van der Waals surface area (Å²) in [7, 11) is 1.50. The van der Waals surface area contributed by atoms with Crippen molar-refractivity contribution in [3.63, 3.8) is 0 Å². The first-order chi connectivity index (χ1) is 19.4. The summed E-state index contributed by atoms with van der Waals surface area (Å²) in [6.07, 6.45) is 6.22. The van der Waals surface area contributed by atoms with E-state index in [4.69, 9.17) is 9.47 Å². The largest absolute Gasteiger partial charge is 0.493 e. The first kappa shape index (κ1) is 27.7. The lowest BCUT2D eigenvalue weighted by molar-refractivity contribution is -0.384. The molecule has 9 nitrogen and oxygen atoms in total. The van der Waals surface area contributed by atoms with Gasteiger partial charge in [-0.2, -0.15) is 5.26 Å². The Bertz CT molecular complexity index is 1610. The molecule has 40 heavy (non-hydrogen) atoms. The van der Waals surface area contributed by atoms with Crippen molar-refractivity contribution in [3.05, 3.63) is 117 Å². The van der Waals surface area contributed by atoms with Gasteiger partial charge in [-0.25, -0.2) is 0 Å². The van der Waals surface area contributed by atoms with Gasteiger partial charge in [0, 0.05) is 41.3 Å². The van der Waals surface area contributed by atoms with E-state index in [0.717, 1.165) is 27.6 Å². The molecule has 0 aliphatic rings. The number of nitriles is 1. The van der Waals surface area contributed by atoms with Gasteiger partial charge < -0.3 is 19.8 Å². The quantitative estimate of drug-likeness (QED) is 0.0790. The average Bonchev–Trinajstić information content (AvgIpc) is 3.38. The standard InChI is InChI=1S/C31H28N4O5/c1-3-6-23-15-22(17-29(39-2)30(23)40-20-21-9-11-26(12-10-21)35(37)38)16-25(18-32)31(36)33-14-13-24-19-34-28-8-5-4-7-27(24)28/h3-5,7-12,15-17,19,34H,1,6,13-14,20H2,2H3,(H,33,36)/b25-16-. The molecular formula is C31H28N4O5. The highest BCUT2D eigenvalue weighted by Crippen LogP contribution is 2.35. The van der Waals surface area contributed by atoms with E-state index in [0.29, 0.717) is 36.4 Å². The first-order valence-corrected chi connectivity index (χ1v) is 12.6. The molecule has 0 atom stereocenters. The van der Waals surface area contributed by atoms with Crippen molar-refractivity contribution >= 4 is 28.6 Å². The third-order valence-corrected chi connectivity index (χ3v) is 6.30. The van der Waals surface area contributed by atoms with Gasteiger partial charge in [0.1, 0.15) is 18.2 Å². The Balaban J connectivity index is 1.48. The number of carbonyl (C=O) groups is 1. The molecular weight excluding hydrogens is 508 g/mol. The number of aromatic amines is 1. The Morgan fingerprint density at radius 1 is 1.18 bits per heavy atom. The van der Waals surface area contributed by atoms with Crippen LogP contribution in [0.4, 0.5) is 5.69 Å². The second-order valence-corrected chi connectivity index (χ2v) is 8.95. The number of aromatic nitrogens is 1. The minimum absolute atomic E-state index is 0.000107. The Labute approximate surface area is 231 Å². The Kier molecular flexibility index (Phi) is 8.95. The fraction of sp³-hybridized carbons (Fsp3) is 0.161. The Hall–Kier alpha value is -5.36. The number of benzene rings is 3. The zero-order valence-corrected chi connectivity index (χ0v) is 22.0.